The van der Waals surface area contributed by atoms with Gasteiger partial charge in [0.25, 0.3) is 0 Å². The van der Waals surface area contributed by atoms with Gasteiger partial charge >= 0.3 is 0 Å². The van der Waals surface area contributed by atoms with Crippen molar-refractivity contribution < 1.29 is 18.4 Å². The van der Waals surface area contributed by atoms with Crippen molar-refractivity contribution >= 4 is 22.5 Å². The van der Waals surface area contributed by atoms with Crippen LogP contribution in [0.4, 0.5) is 0 Å². The Kier molecular flexibility index (Phi) is 10.4. The van der Waals surface area contributed by atoms with Crippen LogP contribution in [0.3, 0.4) is 0 Å². The van der Waals surface area contributed by atoms with E-state index in [1.807, 2.05) is 14.1 Å². The van der Waals surface area contributed by atoms with E-state index in [1.54, 1.807) is 16.0 Å². The highest BCUT2D eigenvalue weighted by Gasteiger charge is 2.61. The quantitative estimate of drug-likeness (QED) is 0.231. The molecule has 4 aliphatic carbocycles. The monoisotopic (exact) mass is 659 g/mol. The van der Waals surface area contributed by atoms with E-state index in [2.05, 4.69) is 101 Å². The number of carbonyl (C=O) groups excluding carboxylic acids is 1. The van der Waals surface area contributed by atoms with Crippen LogP contribution in [0.5, 0.6) is 0 Å². The molecule has 0 aromatic rings. The van der Waals surface area contributed by atoms with Crippen molar-refractivity contribution in [2.45, 2.75) is 162 Å². The lowest BCUT2D eigenvalue weighted by Crippen LogP contribution is -2.58. The van der Waals surface area contributed by atoms with Gasteiger partial charge in [-0.05, 0) is 105 Å². The minimum absolute atomic E-state index is 0.000960. The first kappa shape index (κ1) is 37.1. The van der Waals surface area contributed by atoms with E-state index < -0.39 is 16.6 Å². The van der Waals surface area contributed by atoms with E-state index in [0.717, 1.165) is 12.8 Å². The third kappa shape index (κ3) is 6.91. The molecule has 0 aliphatic heterocycles. The number of carbonyl (C=O) groups is 1. The van der Waals surface area contributed by atoms with Crippen LogP contribution >= 0.6 is 0 Å². The van der Waals surface area contributed by atoms with E-state index in [-0.39, 0.29) is 45.1 Å². The molecule has 0 N–H and O–H groups in total. The molecule has 4 aliphatic rings. The molecule has 1 amide bonds. The Morgan fingerprint density at radius 1 is 0.933 bits per heavy atom. The van der Waals surface area contributed by atoms with Crippen molar-refractivity contribution in [3.8, 4) is 0 Å². The second kappa shape index (κ2) is 12.6. The number of nitrogens with zero attached hydrogens (tertiary/aromatic N) is 1. The first-order chi connectivity index (χ1) is 20.5. The van der Waals surface area contributed by atoms with Crippen molar-refractivity contribution in [3.05, 3.63) is 23.3 Å². The number of hydrogen-bond acceptors (Lipinski definition) is 4. The maximum Gasteiger partial charge on any atom is 0.224 e. The molecule has 7 heteroatoms. The molecule has 5 nitrogen and oxygen atoms in total. The summed E-state index contributed by atoms with van der Waals surface area (Å²) in [6, 6.07) is 0. The summed E-state index contributed by atoms with van der Waals surface area (Å²) in [7, 11) is -0.307. The van der Waals surface area contributed by atoms with Crippen LogP contribution in [0.25, 0.3) is 0 Å². The highest BCUT2D eigenvalue weighted by molar-refractivity contribution is 6.74. The second-order valence-electron chi connectivity index (χ2n) is 18.9. The molecular formula is C38H69NO4Si2. The lowest BCUT2D eigenvalue weighted by molar-refractivity contribution is -0.130. The Morgan fingerprint density at radius 3 is 2.11 bits per heavy atom. The van der Waals surface area contributed by atoms with Crippen molar-refractivity contribution in [1.82, 2.24) is 4.90 Å². The number of amides is 1. The van der Waals surface area contributed by atoms with Gasteiger partial charge in [-0.2, -0.15) is 0 Å². The molecule has 0 aromatic carbocycles. The highest BCUT2D eigenvalue weighted by Crippen LogP contribution is 2.66. The number of rotatable bonds is 9. The molecule has 0 bridgehead atoms. The summed E-state index contributed by atoms with van der Waals surface area (Å²) in [5, 5.41) is 0.345. The van der Waals surface area contributed by atoms with Crippen molar-refractivity contribution in [2.75, 3.05) is 20.7 Å². The normalized spacial score (nSPS) is 34.7. The number of ether oxygens (including phenoxy) is 1. The van der Waals surface area contributed by atoms with E-state index in [4.69, 9.17) is 13.6 Å². The van der Waals surface area contributed by atoms with Crippen molar-refractivity contribution in [2.24, 2.45) is 28.6 Å². The molecule has 0 aromatic heterocycles. The van der Waals surface area contributed by atoms with Crippen LogP contribution in [0.2, 0.25) is 36.3 Å². The SMILES string of the molecule is C[C@H](OCCC(=O)N(C)C)[C@H]1CC[C@H]2C3=CC=C4C[C@@H](O[Si](C)(C)C(C)(C)C)C[C@H](O[Si](C)(C)C(C)(C)C)[C@]4(C)[C@H]3CC[C@]12C. The summed E-state index contributed by atoms with van der Waals surface area (Å²) >= 11 is 0. The molecule has 0 unspecified atom stereocenters. The zero-order valence-electron chi connectivity index (χ0n) is 31.9. The zero-order chi connectivity index (χ0) is 34.0. The number of fused-ring (bicyclic) bond motifs is 5. The van der Waals surface area contributed by atoms with Crippen LogP contribution in [0.1, 0.15) is 107 Å². The van der Waals surface area contributed by atoms with Crippen LogP contribution in [0.15, 0.2) is 23.3 Å². The molecule has 3 fully saturated rings. The predicted molar refractivity (Wildman–Crippen MR) is 193 cm³/mol. The topological polar surface area (TPSA) is 48.0 Å². The van der Waals surface area contributed by atoms with Crippen molar-refractivity contribution in [1.29, 1.82) is 0 Å². The standard InChI is InChI=1S/C38H69NO4Si2/c1-26(41-23-21-34(40)39(10)11)30-18-19-31-29-17-16-27-24-28(42-44(12,13)35(2,3)4)25-33(43-45(14,15)36(5,6)7)38(27,9)32(29)20-22-37(30,31)8/h16-17,26,28,30-33H,18-25H2,1-15H3/t26-,28+,30+,31-,32-,33-,37+,38-/m0/s1. The van der Waals surface area contributed by atoms with Crippen LogP contribution in [0, 0.1) is 28.6 Å². The molecule has 8 atom stereocenters. The summed E-state index contributed by atoms with van der Waals surface area (Å²) in [6.07, 6.45) is 13.0. The molecule has 4 rings (SSSR count). The Balaban J connectivity index is 1.63. The van der Waals surface area contributed by atoms with Crippen LogP contribution in [-0.2, 0) is 18.4 Å². The van der Waals surface area contributed by atoms with Gasteiger partial charge in [0.05, 0.1) is 31.3 Å². The zero-order valence-corrected chi connectivity index (χ0v) is 33.9. The van der Waals surface area contributed by atoms with Gasteiger partial charge in [0, 0.05) is 19.5 Å². The summed E-state index contributed by atoms with van der Waals surface area (Å²) < 4.78 is 21.1. The fraction of sp³-hybridized carbons (Fsp3) is 0.868. The van der Waals surface area contributed by atoms with E-state index in [0.29, 0.717) is 30.8 Å². The second-order valence-corrected chi connectivity index (χ2v) is 28.4. The Bertz CT molecular complexity index is 1160. The molecule has 0 radical (unpaired) electrons. The van der Waals surface area contributed by atoms with Gasteiger partial charge in [0.15, 0.2) is 16.6 Å². The molecule has 0 spiro atoms. The first-order valence-corrected chi connectivity index (χ1v) is 23.9. The minimum Gasteiger partial charge on any atom is -0.414 e. The first-order valence-electron chi connectivity index (χ1n) is 18.0. The fourth-order valence-corrected chi connectivity index (χ4v) is 11.6. The minimum atomic E-state index is -2.03. The summed E-state index contributed by atoms with van der Waals surface area (Å²) in [4.78, 5) is 13.8. The van der Waals surface area contributed by atoms with Gasteiger partial charge < -0.3 is 18.5 Å². The molecule has 45 heavy (non-hydrogen) atoms. The summed E-state index contributed by atoms with van der Waals surface area (Å²) in [6.45, 7) is 31.8. The Labute approximate surface area is 279 Å². The maximum absolute atomic E-state index is 12.2. The van der Waals surface area contributed by atoms with Gasteiger partial charge in [0.1, 0.15) is 0 Å². The van der Waals surface area contributed by atoms with Gasteiger partial charge in [-0.1, -0.05) is 78.7 Å². The van der Waals surface area contributed by atoms with Gasteiger partial charge in [-0.15, -0.1) is 0 Å². The van der Waals surface area contributed by atoms with Crippen LogP contribution < -0.4 is 0 Å². The largest absolute Gasteiger partial charge is 0.414 e. The highest BCUT2D eigenvalue weighted by atomic mass is 28.4. The van der Waals surface area contributed by atoms with Gasteiger partial charge in [-0.3, -0.25) is 4.79 Å². The average Bonchev–Trinajstić information content (AvgIpc) is 3.25. The van der Waals surface area contributed by atoms with E-state index in [9.17, 15) is 4.79 Å². The summed E-state index contributed by atoms with van der Waals surface area (Å²) in [5.74, 6) is 1.76. The number of hydrogen-bond donors (Lipinski definition) is 0. The molecule has 0 saturated heterocycles. The lowest BCUT2D eigenvalue weighted by atomic mass is 9.49. The molecule has 0 heterocycles. The van der Waals surface area contributed by atoms with E-state index >= 15 is 0 Å². The lowest BCUT2D eigenvalue weighted by Gasteiger charge is -2.59. The van der Waals surface area contributed by atoms with Crippen LogP contribution in [-0.4, -0.2) is 66.5 Å². The fourth-order valence-electron chi connectivity index (χ4n) is 8.87. The molecule has 258 valence electrons. The average molecular weight is 660 g/mol. The smallest absolute Gasteiger partial charge is 0.224 e. The van der Waals surface area contributed by atoms with Gasteiger partial charge in [0.2, 0.25) is 5.91 Å². The third-order valence-electron chi connectivity index (χ3n) is 13.9. The Hall–Kier alpha value is -0.736. The molecular weight excluding hydrogens is 591 g/mol. The summed E-state index contributed by atoms with van der Waals surface area (Å²) in [5.41, 5.74) is 3.48. The Morgan fingerprint density at radius 2 is 1.53 bits per heavy atom. The third-order valence-corrected chi connectivity index (χ3v) is 23.0. The maximum atomic E-state index is 12.2. The van der Waals surface area contributed by atoms with Gasteiger partial charge in [-0.25, -0.2) is 0 Å². The van der Waals surface area contributed by atoms with Crippen molar-refractivity contribution in [3.63, 3.8) is 0 Å². The molecule has 3 saturated carbocycles. The number of allylic oxidation sites excluding steroid dienone is 3. The van der Waals surface area contributed by atoms with E-state index in [1.165, 1.54) is 25.7 Å². The predicted octanol–water partition coefficient (Wildman–Crippen LogP) is 9.76.